The van der Waals surface area contributed by atoms with Crippen LogP contribution in [-0.4, -0.2) is 57.0 Å². The quantitative estimate of drug-likeness (QED) is 0.775. The molecule has 20 heavy (non-hydrogen) atoms. The predicted octanol–water partition coefficient (Wildman–Crippen LogP) is 1.63. The second kappa shape index (κ2) is 5.55. The SMILES string of the molecule is COC[C@]1(S(=O)(=O)N2CCCC(C)(OC)CC2)C[C@@H]1C. The lowest BCUT2D eigenvalue weighted by atomic mass is 9.97. The Morgan fingerprint density at radius 2 is 1.90 bits per heavy atom. The number of ether oxygens (including phenoxy) is 2. The molecule has 2 aliphatic rings. The molecule has 0 radical (unpaired) electrons. The van der Waals surface area contributed by atoms with Gasteiger partial charge in [0.1, 0.15) is 4.75 Å². The van der Waals surface area contributed by atoms with Gasteiger partial charge in [-0.1, -0.05) is 6.92 Å². The molecule has 0 spiro atoms. The average molecular weight is 305 g/mol. The van der Waals surface area contributed by atoms with E-state index >= 15 is 0 Å². The van der Waals surface area contributed by atoms with Crippen molar-refractivity contribution >= 4 is 10.0 Å². The highest BCUT2D eigenvalue weighted by molar-refractivity contribution is 7.90. The summed E-state index contributed by atoms with van der Waals surface area (Å²) in [7, 11) is -0.00677. The first-order valence-corrected chi connectivity index (χ1v) is 8.79. The maximum atomic E-state index is 12.9. The number of hydrogen-bond acceptors (Lipinski definition) is 4. The summed E-state index contributed by atoms with van der Waals surface area (Å²) in [5.74, 6) is 0.185. The Balaban J connectivity index is 2.15. The molecule has 1 aliphatic heterocycles. The molecule has 2 rings (SSSR count). The van der Waals surface area contributed by atoms with E-state index in [0.717, 1.165) is 19.3 Å². The minimum absolute atomic E-state index is 0.185. The van der Waals surface area contributed by atoms with Crippen molar-refractivity contribution in [1.29, 1.82) is 0 Å². The lowest BCUT2D eigenvalue weighted by Crippen LogP contribution is -2.44. The first-order valence-electron chi connectivity index (χ1n) is 7.35. The second-order valence-corrected chi connectivity index (χ2v) is 8.79. The van der Waals surface area contributed by atoms with Gasteiger partial charge in [-0.25, -0.2) is 12.7 Å². The van der Waals surface area contributed by atoms with Crippen LogP contribution < -0.4 is 0 Å². The van der Waals surface area contributed by atoms with Crippen molar-refractivity contribution in [2.45, 2.75) is 49.9 Å². The van der Waals surface area contributed by atoms with E-state index in [1.807, 2.05) is 6.92 Å². The van der Waals surface area contributed by atoms with Crippen LogP contribution in [0, 0.1) is 5.92 Å². The largest absolute Gasteiger partial charge is 0.383 e. The molecule has 1 saturated heterocycles. The summed E-state index contributed by atoms with van der Waals surface area (Å²) in [5, 5.41) is 0. The van der Waals surface area contributed by atoms with Gasteiger partial charge in [-0.15, -0.1) is 0 Å². The fourth-order valence-corrected chi connectivity index (χ4v) is 5.72. The number of rotatable bonds is 5. The Morgan fingerprint density at radius 3 is 2.40 bits per heavy atom. The van der Waals surface area contributed by atoms with Gasteiger partial charge in [0, 0.05) is 27.3 Å². The van der Waals surface area contributed by atoms with Crippen molar-refractivity contribution < 1.29 is 17.9 Å². The lowest BCUT2D eigenvalue weighted by Gasteiger charge is -2.28. The molecule has 0 aromatic carbocycles. The molecule has 1 saturated carbocycles. The van der Waals surface area contributed by atoms with Gasteiger partial charge in [0.15, 0.2) is 0 Å². The van der Waals surface area contributed by atoms with Crippen LogP contribution in [0.2, 0.25) is 0 Å². The van der Waals surface area contributed by atoms with Crippen molar-refractivity contribution in [2.75, 3.05) is 33.9 Å². The average Bonchev–Trinajstić information content (AvgIpc) is 3.10. The van der Waals surface area contributed by atoms with E-state index in [1.165, 1.54) is 0 Å². The molecule has 118 valence electrons. The Kier molecular flexibility index (Phi) is 4.50. The first-order chi connectivity index (χ1) is 9.31. The van der Waals surface area contributed by atoms with Crippen molar-refractivity contribution in [3.8, 4) is 0 Å². The standard InChI is InChI=1S/C14H27NO4S/c1-12-10-14(12,11-18-3)20(16,17)15-8-5-6-13(2,19-4)7-9-15/h12H,5-11H2,1-4H3/t12-,13?,14+/m0/s1. The van der Waals surface area contributed by atoms with E-state index in [0.29, 0.717) is 26.1 Å². The summed E-state index contributed by atoms with van der Waals surface area (Å²) in [6, 6.07) is 0. The van der Waals surface area contributed by atoms with Crippen LogP contribution in [-0.2, 0) is 19.5 Å². The van der Waals surface area contributed by atoms with Crippen molar-refractivity contribution in [3.63, 3.8) is 0 Å². The summed E-state index contributed by atoms with van der Waals surface area (Å²) in [6.07, 6.45) is 3.21. The summed E-state index contributed by atoms with van der Waals surface area (Å²) in [6.45, 7) is 5.50. The molecule has 0 N–H and O–H groups in total. The third kappa shape index (κ3) is 2.63. The Hall–Kier alpha value is -0.170. The van der Waals surface area contributed by atoms with Crippen LogP contribution in [0.1, 0.15) is 39.5 Å². The minimum atomic E-state index is -3.29. The van der Waals surface area contributed by atoms with E-state index in [2.05, 4.69) is 6.92 Å². The van der Waals surface area contributed by atoms with E-state index in [4.69, 9.17) is 9.47 Å². The maximum absolute atomic E-state index is 12.9. The Labute approximate surface area is 122 Å². The van der Waals surface area contributed by atoms with Gasteiger partial charge in [-0.05, 0) is 38.5 Å². The van der Waals surface area contributed by atoms with Gasteiger partial charge >= 0.3 is 0 Å². The third-order valence-corrected chi connectivity index (χ3v) is 7.89. The molecule has 0 aromatic heterocycles. The highest BCUT2D eigenvalue weighted by Gasteiger charge is 2.63. The summed E-state index contributed by atoms with van der Waals surface area (Å²) in [5.41, 5.74) is -0.201. The van der Waals surface area contributed by atoms with E-state index in [-0.39, 0.29) is 11.5 Å². The number of hydrogen-bond donors (Lipinski definition) is 0. The molecule has 1 unspecified atom stereocenters. The third-order valence-electron chi connectivity index (χ3n) is 5.13. The molecular formula is C14H27NO4S. The molecule has 1 aliphatic carbocycles. The molecule has 0 aromatic rings. The number of methoxy groups -OCH3 is 2. The molecule has 6 heteroatoms. The van der Waals surface area contributed by atoms with Gasteiger partial charge in [-0.3, -0.25) is 0 Å². The molecule has 1 heterocycles. The fraction of sp³-hybridized carbons (Fsp3) is 1.00. The second-order valence-electron chi connectivity index (χ2n) is 6.51. The summed E-state index contributed by atoms with van der Waals surface area (Å²) < 4.78 is 37.6. The fourth-order valence-electron chi connectivity index (χ4n) is 3.27. The van der Waals surface area contributed by atoms with Crippen LogP contribution >= 0.6 is 0 Å². The first kappa shape index (κ1) is 16.2. The van der Waals surface area contributed by atoms with Gasteiger partial charge in [-0.2, -0.15) is 0 Å². The van der Waals surface area contributed by atoms with Crippen LogP contribution in [0.15, 0.2) is 0 Å². The Morgan fingerprint density at radius 1 is 1.25 bits per heavy atom. The van der Waals surface area contributed by atoms with Crippen LogP contribution in [0.3, 0.4) is 0 Å². The van der Waals surface area contributed by atoms with Crippen LogP contribution in [0.25, 0.3) is 0 Å². The topological polar surface area (TPSA) is 55.8 Å². The molecule has 5 nitrogen and oxygen atoms in total. The summed E-state index contributed by atoms with van der Waals surface area (Å²) in [4.78, 5) is 0. The number of sulfonamides is 1. The minimum Gasteiger partial charge on any atom is -0.383 e. The van der Waals surface area contributed by atoms with Crippen molar-refractivity contribution in [1.82, 2.24) is 4.31 Å². The monoisotopic (exact) mass is 305 g/mol. The molecule has 0 amide bonds. The lowest BCUT2D eigenvalue weighted by molar-refractivity contribution is -0.00454. The molecule has 2 fully saturated rings. The van der Waals surface area contributed by atoms with E-state index in [1.54, 1.807) is 18.5 Å². The van der Waals surface area contributed by atoms with Gasteiger partial charge in [0.2, 0.25) is 10.0 Å². The van der Waals surface area contributed by atoms with E-state index in [9.17, 15) is 8.42 Å². The highest BCUT2D eigenvalue weighted by Crippen LogP contribution is 2.51. The molecule has 3 atom stereocenters. The number of nitrogens with zero attached hydrogens (tertiary/aromatic N) is 1. The summed E-state index contributed by atoms with van der Waals surface area (Å²) >= 11 is 0. The maximum Gasteiger partial charge on any atom is 0.222 e. The normalized spacial score (nSPS) is 39.5. The molecule has 0 bridgehead atoms. The van der Waals surface area contributed by atoms with Gasteiger partial charge in [0.05, 0.1) is 12.2 Å². The predicted molar refractivity (Wildman–Crippen MR) is 78.1 cm³/mol. The highest BCUT2D eigenvalue weighted by atomic mass is 32.2. The smallest absolute Gasteiger partial charge is 0.222 e. The van der Waals surface area contributed by atoms with Gasteiger partial charge < -0.3 is 9.47 Å². The molecular weight excluding hydrogens is 278 g/mol. The zero-order valence-corrected chi connectivity index (χ0v) is 13.8. The van der Waals surface area contributed by atoms with Crippen LogP contribution in [0.4, 0.5) is 0 Å². The zero-order valence-electron chi connectivity index (χ0n) is 13.0. The van der Waals surface area contributed by atoms with E-state index < -0.39 is 14.8 Å². The van der Waals surface area contributed by atoms with Crippen molar-refractivity contribution in [3.05, 3.63) is 0 Å². The Bertz CT molecular complexity index is 452. The zero-order chi connectivity index (χ0) is 15.0. The van der Waals surface area contributed by atoms with Gasteiger partial charge in [0.25, 0.3) is 0 Å². The van der Waals surface area contributed by atoms with Crippen LogP contribution in [0.5, 0.6) is 0 Å². The van der Waals surface area contributed by atoms with Crippen molar-refractivity contribution in [2.24, 2.45) is 5.92 Å².